The van der Waals surface area contributed by atoms with Crippen LogP contribution in [0.5, 0.6) is 0 Å². The summed E-state index contributed by atoms with van der Waals surface area (Å²) in [5.74, 6) is 1.55. The normalized spacial score (nSPS) is 35.2. The first-order valence-corrected chi connectivity index (χ1v) is 8.43. The van der Waals surface area contributed by atoms with Crippen LogP contribution in [-0.4, -0.2) is 5.78 Å². The lowest BCUT2D eigenvalue weighted by Crippen LogP contribution is -2.37. The van der Waals surface area contributed by atoms with Gasteiger partial charge in [0.05, 0.1) is 0 Å². The van der Waals surface area contributed by atoms with Crippen molar-refractivity contribution in [1.29, 1.82) is 0 Å². The summed E-state index contributed by atoms with van der Waals surface area (Å²) >= 11 is 0. The molecule has 2 aliphatic rings. The van der Waals surface area contributed by atoms with Crippen LogP contribution in [0.3, 0.4) is 0 Å². The van der Waals surface area contributed by atoms with E-state index in [0.717, 1.165) is 19.3 Å². The fourth-order valence-electron chi connectivity index (χ4n) is 4.55. The van der Waals surface area contributed by atoms with Crippen LogP contribution in [-0.2, 0) is 4.79 Å². The molecule has 1 heteroatoms. The smallest absolute Gasteiger partial charge is 0.136 e. The Bertz CT molecular complexity index is 398. The average Bonchev–Trinajstić information content (AvgIpc) is 2.66. The first-order chi connectivity index (χ1) is 9.24. The molecule has 114 valence electrons. The lowest BCUT2D eigenvalue weighted by Gasteiger charge is -2.40. The second kappa shape index (κ2) is 5.66. The maximum atomic E-state index is 12.2. The van der Waals surface area contributed by atoms with Gasteiger partial charge in [0.1, 0.15) is 5.78 Å². The Morgan fingerprint density at radius 2 is 2.05 bits per heavy atom. The summed E-state index contributed by atoms with van der Waals surface area (Å²) in [6, 6.07) is 0. The van der Waals surface area contributed by atoms with Gasteiger partial charge in [-0.2, -0.15) is 0 Å². The molecule has 2 fully saturated rings. The van der Waals surface area contributed by atoms with Crippen molar-refractivity contribution in [2.45, 2.75) is 79.6 Å². The molecule has 0 aromatic carbocycles. The minimum atomic E-state index is 0.262. The summed E-state index contributed by atoms with van der Waals surface area (Å²) in [4.78, 5) is 12.2. The van der Waals surface area contributed by atoms with E-state index in [1.807, 2.05) is 0 Å². The number of hydrogen-bond donors (Lipinski definition) is 0. The molecule has 20 heavy (non-hydrogen) atoms. The van der Waals surface area contributed by atoms with Crippen LogP contribution in [0.4, 0.5) is 0 Å². The molecular formula is C19H32O. The quantitative estimate of drug-likeness (QED) is 0.618. The molecule has 1 nitrogen and oxygen atoms in total. The van der Waals surface area contributed by atoms with Crippen LogP contribution < -0.4 is 0 Å². The second-order valence-corrected chi connectivity index (χ2v) is 8.56. The van der Waals surface area contributed by atoms with Crippen LogP contribution in [0.1, 0.15) is 79.6 Å². The van der Waals surface area contributed by atoms with Gasteiger partial charge in [-0.15, -0.1) is 0 Å². The molecule has 0 radical (unpaired) electrons. The van der Waals surface area contributed by atoms with Crippen molar-refractivity contribution in [3.63, 3.8) is 0 Å². The van der Waals surface area contributed by atoms with E-state index in [1.54, 1.807) is 5.57 Å². The molecular weight excluding hydrogens is 244 g/mol. The van der Waals surface area contributed by atoms with E-state index in [2.05, 4.69) is 40.7 Å². The number of carbonyl (C=O) groups excluding carboxylic acids is 1. The van der Waals surface area contributed by atoms with Gasteiger partial charge in [0.25, 0.3) is 0 Å². The second-order valence-electron chi connectivity index (χ2n) is 8.56. The summed E-state index contributed by atoms with van der Waals surface area (Å²) in [5.41, 5.74) is 2.23. The number of ketones is 1. The van der Waals surface area contributed by atoms with Gasteiger partial charge in [0.15, 0.2) is 0 Å². The predicted molar refractivity (Wildman–Crippen MR) is 85.6 cm³/mol. The summed E-state index contributed by atoms with van der Waals surface area (Å²) in [6.45, 7) is 11.6. The molecule has 2 aliphatic carbocycles. The Kier molecular flexibility index (Phi) is 4.47. The number of carbonyl (C=O) groups is 1. The topological polar surface area (TPSA) is 17.1 Å². The van der Waals surface area contributed by atoms with Crippen LogP contribution in [0.25, 0.3) is 0 Å². The average molecular weight is 276 g/mol. The van der Waals surface area contributed by atoms with E-state index in [-0.39, 0.29) is 5.41 Å². The molecule has 0 saturated heterocycles. The van der Waals surface area contributed by atoms with Crippen molar-refractivity contribution in [2.24, 2.45) is 22.7 Å². The van der Waals surface area contributed by atoms with Gasteiger partial charge in [-0.25, -0.2) is 0 Å². The van der Waals surface area contributed by atoms with E-state index >= 15 is 0 Å². The van der Waals surface area contributed by atoms with Gasteiger partial charge in [-0.1, -0.05) is 39.3 Å². The maximum Gasteiger partial charge on any atom is 0.136 e. The van der Waals surface area contributed by atoms with Crippen molar-refractivity contribution in [2.75, 3.05) is 0 Å². The summed E-state index contributed by atoms with van der Waals surface area (Å²) in [7, 11) is 0. The highest BCUT2D eigenvalue weighted by molar-refractivity contribution is 5.83. The molecule has 0 aromatic heterocycles. The van der Waals surface area contributed by atoms with E-state index < -0.39 is 0 Å². The third-order valence-corrected chi connectivity index (χ3v) is 5.77. The van der Waals surface area contributed by atoms with Gasteiger partial charge in [0.2, 0.25) is 0 Å². The zero-order valence-electron chi connectivity index (χ0n) is 14.1. The van der Waals surface area contributed by atoms with E-state index in [9.17, 15) is 4.79 Å². The van der Waals surface area contributed by atoms with E-state index in [4.69, 9.17) is 0 Å². The Balaban J connectivity index is 2.05. The van der Waals surface area contributed by atoms with Crippen molar-refractivity contribution in [3.8, 4) is 0 Å². The zero-order chi connectivity index (χ0) is 15.0. The first-order valence-electron chi connectivity index (χ1n) is 8.43. The van der Waals surface area contributed by atoms with Crippen molar-refractivity contribution in [1.82, 2.24) is 0 Å². The lowest BCUT2D eigenvalue weighted by molar-refractivity contribution is -0.129. The molecule has 0 heterocycles. The lowest BCUT2D eigenvalue weighted by atomic mass is 9.63. The first kappa shape index (κ1) is 15.8. The van der Waals surface area contributed by atoms with Gasteiger partial charge in [0, 0.05) is 12.3 Å². The minimum Gasteiger partial charge on any atom is -0.299 e. The minimum absolute atomic E-state index is 0.262. The number of rotatable bonds is 3. The molecule has 0 amide bonds. The summed E-state index contributed by atoms with van der Waals surface area (Å²) < 4.78 is 0. The molecule has 2 saturated carbocycles. The number of Topliss-reactive ketones (excluding diaryl/α,β-unsaturated/α-hetero) is 1. The van der Waals surface area contributed by atoms with Crippen molar-refractivity contribution >= 4 is 5.78 Å². The van der Waals surface area contributed by atoms with Gasteiger partial charge >= 0.3 is 0 Å². The number of allylic oxidation sites excluding steroid dienone is 2. The maximum absolute atomic E-state index is 12.2. The van der Waals surface area contributed by atoms with Crippen LogP contribution in [0, 0.1) is 22.7 Å². The van der Waals surface area contributed by atoms with Crippen LogP contribution in [0.2, 0.25) is 0 Å². The monoisotopic (exact) mass is 276 g/mol. The molecule has 3 atom stereocenters. The van der Waals surface area contributed by atoms with Crippen molar-refractivity contribution < 1.29 is 4.79 Å². The fraction of sp³-hybridized carbons (Fsp3) is 0.842. The molecule has 0 spiro atoms. The standard InChI is InChI=1S/C19H32O/c1-14(8-6-12-18(2,3)4)15-10-11-16-17(20)9-7-13-19(15,16)5/h8,15-16H,6-7,9-13H2,1-5H3/b14-8+/t15-,16+,19-/m1/s1. The molecule has 0 aromatic rings. The SMILES string of the molecule is C/C(=C\CCC(C)(C)C)[C@H]1CC[C@H]2C(=O)CCC[C@]12C. The Morgan fingerprint density at radius 1 is 1.35 bits per heavy atom. The predicted octanol–water partition coefficient (Wildman–Crippen LogP) is 5.54. The Hall–Kier alpha value is -0.590. The third-order valence-electron chi connectivity index (χ3n) is 5.77. The van der Waals surface area contributed by atoms with Crippen molar-refractivity contribution in [3.05, 3.63) is 11.6 Å². The third kappa shape index (κ3) is 3.18. The summed E-state index contributed by atoms with van der Waals surface area (Å²) in [5, 5.41) is 0. The number of hydrogen-bond acceptors (Lipinski definition) is 1. The van der Waals surface area contributed by atoms with Gasteiger partial charge in [-0.05, 0) is 62.2 Å². The highest BCUT2D eigenvalue weighted by Gasteiger charge is 2.51. The van der Waals surface area contributed by atoms with E-state index in [1.165, 1.54) is 25.7 Å². The summed E-state index contributed by atoms with van der Waals surface area (Å²) in [6.07, 6.45) is 10.4. The molecule has 2 rings (SSSR count). The highest BCUT2D eigenvalue weighted by atomic mass is 16.1. The number of fused-ring (bicyclic) bond motifs is 1. The van der Waals surface area contributed by atoms with E-state index in [0.29, 0.717) is 23.0 Å². The van der Waals surface area contributed by atoms with Gasteiger partial charge < -0.3 is 0 Å². The Labute approximate surface area is 125 Å². The molecule has 0 unspecified atom stereocenters. The van der Waals surface area contributed by atoms with Crippen LogP contribution in [0.15, 0.2) is 11.6 Å². The molecule has 0 aliphatic heterocycles. The highest BCUT2D eigenvalue weighted by Crippen LogP contribution is 2.56. The molecule has 0 N–H and O–H groups in total. The molecule has 0 bridgehead atoms. The van der Waals surface area contributed by atoms with Crippen LogP contribution >= 0.6 is 0 Å². The zero-order valence-corrected chi connectivity index (χ0v) is 14.1. The van der Waals surface area contributed by atoms with Gasteiger partial charge in [-0.3, -0.25) is 4.79 Å². The largest absolute Gasteiger partial charge is 0.299 e. The fourth-order valence-corrected chi connectivity index (χ4v) is 4.55. The Morgan fingerprint density at radius 3 is 2.70 bits per heavy atom.